The van der Waals surface area contributed by atoms with Crippen LogP contribution < -0.4 is 4.72 Å². The highest BCUT2D eigenvalue weighted by atomic mass is 32.2. The van der Waals surface area contributed by atoms with Crippen molar-refractivity contribution < 1.29 is 26.4 Å². The number of hydrogen-bond donors (Lipinski definition) is 1. The number of ketones is 1. The van der Waals surface area contributed by atoms with Gasteiger partial charge >= 0.3 is 6.18 Å². The standard InChI is InChI=1S/C24H19F3N2O3S2/c25-24(26,27)19-3-1-2-16(10-19)11-20(30)12-18-13-21(4-5-22(18)17-6-9-33-14-17)34(31,32)29-23(15-28)7-8-23/h1-6,9-10,13-14,29H,7-8,11-12H2. The third kappa shape index (κ3) is 5.38. The molecule has 1 heterocycles. The van der Waals surface area contributed by atoms with E-state index in [4.69, 9.17) is 0 Å². The zero-order valence-electron chi connectivity index (χ0n) is 17.7. The van der Waals surface area contributed by atoms with E-state index in [1.54, 1.807) is 6.07 Å². The van der Waals surface area contributed by atoms with Crippen molar-refractivity contribution in [3.63, 3.8) is 0 Å². The number of sulfonamides is 1. The van der Waals surface area contributed by atoms with E-state index in [0.717, 1.165) is 17.7 Å². The summed E-state index contributed by atoms with van der Waals surface area (Å²) in [6.07, 6.45) is -4.03. The lowest BCUT2D eigenvalue weighted by Crippen LogP contribution is -2.35. The minimum absolute atomic E-state index is 0.0742. The summed E-state index contributed by atoms with van der Waals surface area (Å²) in [6.45, 7) is 0. The van der Waals surface area contributed by atoms with Crippen LogP contribution in [0.3, 0.4) is 0 Å². The molecule has 0 radical (unpaired) electrons. The second kappa shape index (κ2) is 8.98. The average Bonchev–Trinajstić information content (AvgIpc) is 3.31. The van der Waals surface area contributed by atoms with Gasteiger partial charge in [0.05, 0.1) is 16.5 Å². The monoisotopic (exact) mass is 504 g/mol. The predicted molar refractivity (Wildman–Crippen MR) is 122 cm³/mol. The molecular weight excluding hydrogens is 485 g/mol. The molecule has 0 atom stereocenters. The number of benzene rings is 2. The molecule has 4 rings (SSSR count). The Morgan fingerprint density at radius 1 is 1.12 bits per heavy atom. The summed E-state index contributed by atoms with van der Waals surface area (Å²) in [6, 6.07) is 12.8. The van der Waals surface area contributed by atoms with Crippen molar-refractivity contribution in [2.24, 2.45) is 0 Å². The van der Waals surface area contributed by atoms with Crippen molar-refractivity contribution in [2.45, 2.75) is 42.3 Å². The molecule has 0 unspecified atom stereocenters. The van der Waals surface area contributed by atoms with Crippen LogP contribution in [-0.2, 0) is 33.8 Å². The lowest BCUT2D eigenvalue weighted by molar-refractivity contribution is -0.137. The van der Waals surface area contributed by atoms with Crippen LogP contribution in [0.5, 0.6) is 0 Å². The van der Waals surface area contributed by atoms with Crippen molar-refractivity contribution in [3.8, 4) is 17.2 Å². The maximum Gasteiger partial charge on any atom is 0.416 e. The lowest BCUT2D eigenvalue weighted by Gasteiger charge is -2.14. The minimum Gasteiger partial charge on any atom is -0.299 e. The fraction of sp³-hybridized carbons (Fsp3) is 0.250. The Labute approximate surface area is 198 Å². The molecule has 1 saturated carbocycles. The number of hydrogen-bond acceptors (Lipinski definition) is 5. The Kier molecular flexibility index (Phi) is 6.38. The first-order chi connectivity index (χ1) is 16.0. The van der Waals surface area contributed by atoms with Gasteiger partial charge in [-0.05, 0) is 70.1 Å². The van der Waals surface area contributed by atoms with Crippen LogP contribution in [0.15, 0.2) is 64.2 Å². The second-order valence-corrected chi connectivity index (χ2v) is 10.7. The number of thiophene rings is 1. The van der Waals surface area contributed by atoms with Gasteiger partial charge < -0.3 is 0 Å². The van der Waals surface area contributed by atoms with Gasteiger partial charge in [-0.15, -0.1) is 0 Å². The molecule has 0 amide bonds. The van der Waals surface area contributed by atoms with Crippen LogP contribution >= 0.6 is 11.3 Å². The van der Waals surface area contributed by atoms with Gasteiger partial charge in [0.15, 0.2) is 0 Å². The van der Waals surface area contributed by atoms with Crippen LogP contribution in [0.25, 0.3) is 11.1 Å². The number of Topliss-reactive ketones (excluding diaryl/α,β-unsaturated/α-hetero) is 1. The maximum absolute atomic E-state index is 13.0. The van der Waals surface area contributed by atoms with Crippen molar-refractivity contribution in [1.82, 2.24) is 4.72 Å². The van der Waals surface area contributed by atoms with E-state index in [9.17, 15) is 31.6 Å². The first-order valence-electron chi connectivity index (χ1n) is 10.3. The summed E-state index contributed by atoms with van der Waals surface area (Å²) < 4.78 is 67.1. The molecule has 10 heteroatoms. The summed E-state index contributed by atoms with van der Waals surface area (Å²) >= 11 is 1.44. The van der Waals surface area contributed by atoms with Crippen molar-refractivity contribution in [1.29, 1.82) is 5.26 Å². The molecule has 34 heavy (non-hydrogen) atoms. The minimum atomic E-state index is -4.51. The number of rotatable bonds is 8. The van der Waals surface area contributed by atoms with E-state index in [-0.39, 0.29) is 29.1 Å². The molecule has 1 aliphatic rings. The van der Waals surface area contributed by atoms with E-state index < -0.39 is 27.3 Å². The normalized spacial score (nSPS) is 15.0. The van der Waals surface area contributed by atoms with E-state index in [0.29, 0.717) is 24.0 Å². The summed E-state index contributed by atoms with van der Waals surface area (Å²) in [5.74, 6) is -0.353. The quantitative estimate of drug-likeness (QED) is 0.461. The van der Waals surface area contributed by atoms with Gasteiger partial charge in [0.25, 0.3) is 0 Å². The van der Waals surface area contributed by atoms with E-state index in [2.05, 4.69) is 4.72 Å². The molecule has 5 nitrogen and oxygen atoms in total. The molecule has 2 aromatic carbocycles. The largest absolute Gasteiger partial charge is 0.416 e. The number of nitrogens with one attached hydrogen (secondary N) is 1. The van der Waals surface area contributed by atoms with Gasteiger partial charge in [0.1, 0.15) is 11.3 Å². The molecular formula is C24H19F3N2O3S2. The first kappa shape index (κ1) is 24.1. The van der Waals surface area contributed by atoms with Gasteiger partial charge in [-0.3, -0.25) is 4.79 Å². The fourth-order valence-electron chi connectivity index (χ4n) is 3.62. The second-order valence-electron chi connectivity index (χ2n) is 8.22. The van der Waals surface area contributed by atoms with Gasteiger partial charge in [0, 0.05) is 12.8 Å². The fourth-order valence-corrected chi connectivity index (χ4v) is 5.70. The summed E-state index contributed by atoms with van der Waals surface area (Å²) in [5.41, 5.74) is 0.220. The Morgan fingerprint density at radius 2 is 1.88 bits per heavy atom. The predicted octanol–water partition coefficient (Wildman–Crippen LogP) is 5.12. The molecule has 176 valence electrons. The summed E-state index contributed by atoms with van der Waals surface area (Å²) in [5, 5.41) is 12.9. The smallest absolute Gasteiger partial charge is 0.299 e. The summed E-state index contributed by atoms with van der Waals surface area (Å²) in [4.78, 5) is 12.7. The molecule has 0 aliphatic heterocycles. The zero-order valence-corrected chi connectivity index (χ0v) is 19.4. The summed E-state index contributed by atoms with van der Waals surface area (Å²) in [7, 11) is -4.00. The average molecular weight is 505 g/mol. The van der Waals surface area contributed by atoms with Gasteiger partial charge in [-0.25, -0.2) is 8.42 Å². The number of halogens is 3. The first-order valence-corrected chi connectivity index (χ1v) is 12.7. The number of nitriles is 1. The molecule has 0 saturated heterocycles. The topological polar surface area (TPSA) is 87.0 Å². The maximum atomic E-state index is 13.0. The Morgan fingerprint density at radius 3 is 2.50 bits per heavy atom. The van der Waals surface area contributed by atoms with Crippen molar-refractivity contribution in [2.75, 3.05) is 0 Å². The Bertz CT molecular complexity index is 1370. The Hall–Kier alpha value is -3.00. The van der Waals surface area contributed by atoms with Crippen LogP contribution in [0, 0.1) is 11.3 Å². The van der Waals surface area contributed by atoms with Gasteiger partial charge in [-0.2, -0.15) is 34.5 Å². The molecule has 0 spiro atoms. The molecule has 1 aliphatic carbocycles. The number of nitrogens with zero attached hydrogens (tertiary/aromatic N) is 1. The number of carbonyl (C=O) groups is 1. The third-order valence-electron chi connectivity index (χ3n) is 5.56. The molecule has 3 aromatic rings. The number of carbonyl (C=O) groups excluding carboxylic acids is 1. The van der Waals surface area contributed by atoms with E-state index >= 15 is 0 Å². The van der Waals surface area contributed by atoms with Crippen LogP contribution in [0.2, 0.25) is 0 Å². The zero-order chi connectivity index (χ0) is 24.6. The van der Waals surface area contributed by atoms with Crippen LogP contribution in [0.1, 0.15) is 29.5 Å². The molecule has 1 aromatic heterocycles. The highest BCUT2D eigenvalue weighted by molar-refractivity contribution is 7.89. The third-order valence-corrected chi connectivity index (χ3v) is 7.77. The molecule has 1 N–H and O–H groups in total. The van der Waals surface area contributed by atoms with Gasteiger partial charge in [0.2, 0.25) is 10.0 Å². The number of alkyl halides is 3. The van der Waals surface area contributed by atoms with Crippen molar-refractivity contribution >= 4 is 27.1 Å². The van der Waals surface area contributed by atoms with Crippen LogP contribution in [0.4, 0.5) is 13.2 Å². The highest BCUT2D eigenvalue weighted by Crippen LogP contribution is 2.37. The lowest BCUT2D eigenvalue weighted by atomic mass is 9.95. The van der Waals surface area contributed by atoms with Gasteiger partial charge in [-0.1, -0.05) is 24.3 Å². The van der Waals surface area contributed by atoms with E-state index in [1.165, 1.54) is 35.6 Å². The molecule has 1 fully saturated rings. The Balaban J connectivity index is 1.62. The highest BCUT2D eigenvalue weighted by Gasteiger charge is 2.46. The molecule has 0 bridgehead atoms. The van der Waals surface area contributed by atoms with E-state index in [1.807, 2.05) is 22.9 Å². The SMILES string of the molecule is N#CC1(NS(=O)(=O)c2ccc(-c3ccsc3)c(CC(=O)Cc3cccc(C(F)(F)F)c3)c2)CC1. The van der Waals surface area contributed by atoms with Crippen LogP contribution in [-0.4, -0.2) is 19.7 Å². The van der Waals surface area contributed by atoms with Crippen molar-refractivity contribution in [3.05, 3.63) is 76.0 Å².